The lowest BCUT2D eigenvalue weighted by atomic mass is 9.91. The third-order valence-corrected chi connectivity index (χ3v) is 5.64. The number of rotatable bonds is 6. The summed E-state index contributed by atoms with van der Waals surface area (Å²) in [4.78, 5) is 24.7. The van der Waals surface area contributed by atoms with E-state index >= 15 is 0 Å². The summed E-state index contributed by atoms with van der Waals surface area (Å²) < 4.78 is 7.13. The van der Waals surface area contributed by atoms with Gasteiger partial charge in [0.25, 0.3) is 5.91 Å². The minimum Gasteiger partial charge on any atom is -0.497 e. The first-order chi connectivity index (χ1) is 15.1. The predicted molar refractivity (Wildman–Crippen MR) is 119 cm³/mol. The van der Waals surface area contributed by atoms with Crippen LogP contribution in [0.25, 0.3) is 5.69 Å². The first-order valence-electron chi connectivity index (χ1n) is 10.4. The van der Waals surface area contributed by atoms with Crippen LogP contribution in [0.15, 0.2) is 54.7 Å². The molecule has 0 spiro atoms. The number of nitrogens with one attached hydrogen (secondary N) is 2. The van der Waals surface area contributed by atoms with Gasteiger partial charge >= 0.3 is 0 Å². The van der Waals surface area contributed by atoms with Gasteiger partial charge in [0.2, 0.25) is 0 Å². The van der Waals surface area contributed by atoms with Gasteiger partial charge in [0.15, 0.2) is 5.78 Å². The lowest BCUT2D eigenvalue weighted by molar-refractivity contribution is 0.101. The zero-order chi connectivity index (χ0) is 21.8. The Morgan fingerprint density at radius 2 is 1.74 bits per heavy atom. The van der Waals surface area contributed by atoms with Crippen LogP contribution in [0.3, 0.4) is 0 Å². The minimum absolute atomic E-state index is 0.00756. The molecule has 3 aromatic rings. The molecule has 0 radical (unpaired) electrons. The van der Waals surface area contributed by atoms with Crippen LogP contribution in [0.4, 0.5) is 5.69 Å². The maximum Gasteiger partial charge on any atom is 0.259 e. The van der Waals surface area contributed by atoms with Gasteiger partial charge in [0, 0.05) is 17.2 Å². The maximum atomic E-state index is 13.2. The maximum absolute atomic E-state index is 13.2. The first kappa shape index (κ1) is 20.8. The summed E-state index contributed by atoms with van der Waals surface area (Å²) in [5, 5.41) is 10.9. The molecule has 2 heterocycles. The normalized spacial score (nSPS) is 14.3. The van der Waals surface area contributed by atoms with E-state index in [1.54, 1.807) is 37.6 Å². The molecule has 0 aliphatic carbocycles. The second kappa shape index (κ2) is 9.14. The van der Waals surface area contributed by atoms with Crippen molar-refractivity contribution < 1.29 is 14.3 Å². The van der Waals surface area contributed by atoms with Crippen LogP contribution in [-0.2, 0) is 0 Å². The number of Topliss-reactive ketones (excluding diaryl/α,β-unsaturated/α-hetero) is 1. The monoisotopic (exact) mass is 418 g/mol. The summed E-state index contributed by atoms with van der Waals surface area (Å²) in [6.45, 7) is 3.34. The number of carbonyl (C=O) groups excluding carboxylic acids is 2. The average molecular weight is 418 g/mol. The summed E-state index contributed by atoms with van der Waals surface area (Å²) in [6, 6.07) is 14.6. The van der Waals surface area contributed by atoms with Crippen molar-refractivity contribution >= 4 is 17.4 Å². The van der Waals surface area contributed by atoms with Crippen LogP contribution in [0.5, 0.6) is 5.75 Å². The third-order valence-electron chi connectivity index (χ3n) is 5.64. The fourth-order valence-electron chi connectivity index (χ4n) is 3.94. The first-order valence-corrected chi connectivity index (χ1v) is 10.4. The zero-order valence-corrected chi connectivity index (χ0v) is 17.7. The number of carbonyl (C=O) groups is 2. The number of hydrogen-bond acceptors (Lipinski definition) is 5. The Morgan fingerprint density at radius 1 is 1.06 bits per heavy atom. The number of anilines is 1. The third kappa shape index (κ3) is 4.51. The summed E-state index contributed by atoms with van der Waals surface area (Å²) in [5.41, 5.74) is 3.63. The molecule has 7 heteroatoms. The molecule has 1 aliphatic heterocycles. The van der Waals surface area contributed by atoms with E-state index in [2.05, 4.69) is 15.7 Å². The Morgan fingerprint density at radius 3 is 2.35 bits per heavy atom. The van der Waals surface area contributed by atoms with E-state index in [1.165, 1.54) is 6.92 Å². The summed E-state index contributed by atoms with van der Waals surface area (Å²) in [7, 11) is 1.63. The van der Waals surface area contributed by atoms with Crippen molar-refractivity contribution in [1.82, 2.24) is 15.1 Å². The van der Waals surface area contributed by atoms with Gasteiger partial charge < -0.3 is 15.4 Å². The van der Waals surface area contributed by atoms with Gasteiger partial charge in [-0.1, -0.05) is 0 Å². The largest absolute Gasteiger partial charge is 0.497 e. The number of amides is 1. The van der Waals surface area contributed by atoms with E-state index in [0.717, 1.165) is 43.1 Å². The van der Waals surface area contributed by atoms with Crippen LogP contribution in [0.1, 0.15) is 52.1 Å². The van der Waals surface area contributed by atoms with Crippen molar-refractivity contribution in [3.05, 3.63) is 71.5 Å². The van der Waals surface area contributed by atoms with Gasteiger partial charge in [0.1, 0.15) is 5.75 Å². The number of piperidine rings is 1. The molecule has 4 rings (SSSR count). The number of aromatic nitrogens is 2. The smallest absolute Gasteiger partial charge is 0.259 e. The van der Waals surface area contributed by atoms with Gasteiger partial charge in [-0.2, -0.15) is 5.10 Å². The van der Waals surface area contributed by atoms with E-state index in [-0.39, 0.29) is 17.6 Å². The van der Waals surface area contributed by atoms with Crippen LogP contribution in [0, 0.1) is 0 Å². The van der Waals surface area contributed by atoms with Crippen molar-refractivity contribution in [3.63, 3.8) is 0 Å². The molecular weight excluding hydrogens is 392 g/mol. The standard InChI is InChI=1S/C24H26N4O3/c1-16(29)17-3-5-19(6-4-17)27-24(30)22-15-26-28(20-7-9-21(31-2)10-8-20)23(22)18-11-13-25-14-12-18/h3-10,15,18,25H,11-14H2,1-2H3,(H,27,30). The number of benzene rings is 2. The van der Waals surface area contributed by atoms with Crippen molar-refractivity contribution in [1.29, 1.82) is 0 Å². The molecule has 160 valence electrons. The molecule has 1 aliphatic rings. The molecular formula is C24H26N4O3. The molecule has 0 unspecified atom stereocenters. The molecule has 1 aromatic heterocycles. The van der Waals surface area contributed by atoms with Gasteiger partial charge in [-0.05, 0) is 81.4 Å². The molecule has 2 N–H and O–H groups in total. The molecule has 0 bridgehead atoms. The van der Waals surface area contributed by atoms with Crippen LogP contribution < -0.4 is 15.4 Å². The number of ketones is 1. The quantitative estimate of drug-likeness (QED) is 0.595. The number of methoxy groups -OCH3 is 1. The summed E-state index contributed by atoms with van der Waals surface area (Å²) >= 11 is 0. The molecule has 7 nitrogen and oxygen atoms in total. The molecule has 2 aromatic carbocycles. The predicted octanol–water partition coefficient (Wildman–Crippen LogP) is 3.80. The number of nitrogens with zero attached hydrogens (tertiary/aromatic N) is 2. The molecule has 1 saturated heterocycles. The van der Waals surface area contributed by atoms with Gasteiger partial charge in [-0.3, -0.25) is 9.59 Å². The van der Waals surface area contributed by atoms with Crippen LogP contribution in [-0.4, -0.2) is 41.7 Å². The summed E-state index contributed by atoms with van der Waals surface area (Å²) in [5.74, 6) is 0.786. The summed E-state index contributed by atoms with van der Waals surface area (Å²) in [6.07, 6.45) is 3.52. The average Bonchev–Trinajstić information content (AvgIpc) is 3.25. The van der Waals surface area contributed by atoms with Crippen molar-refractivity contribution in [2.75, 3.05) is 25.5 Å². The highest BCUT2D eigenvalue weighted by Gasteiger charge is 2.27. The Bertz CT molecular complexity index is 1070. The second-order valence-corrected chi connectivity index (χ2v) is 7.67. The molecule has 1 fully saturated rings. The van der Waals surface area contributed by atoms with E-state index in [9.17, 15) is 9.59 Å². The highest BCUT2D eigenvalue weighted by molar-refractivity contribution is 6.05. The van der Waals surface area contributed by atoms with E-state index in [4.69, 9.17) is 4.74 Å². The zero-order valence-electron chi connectivity index (χ0n) is 17.7. The Balaban J connectivity index is 1.66. The van der Waals surface area contributed by atoms with Crippen molar-refractivity contribution in [2.45, 2.75) is 25.7 Å². The number of hydrogen-bond donors (Lipinski definition) is 2. The Labute approximate surface area is 181 Å². The van der Waals surface area contributed by atoms with Gasteiger partial charge in [-0.15, -0.1) is 0 Å². The molecule has 31 heavy (non-hydrogen) atoms. The van der Waals surface area contributed by atoms with Crippen molar-refractivity contribution in [3.8, 4) is 11.4 Å². The highest BCUT2D eigenvalue weighted by atomic mass is 16.5. The SMILES string of the molecule is COc1ccc(-n2ncc(C(=O)Nc3ccc(C(C)=O)cc3)c2C2CCNCC2)cc1. The number of ether oxygens (including phenoxy) is 1. The van der Waals surface area contributed by atoms with E-state index < -0.39 is 0 Å². The minimum atomic E-state index is -0.205. The van der Waals surface area contributed by atoms with E-state index in [1.807, 2.05) is 28.9 Å². The highest BCUT2D eigenvalue weighted by Crippen LogP contribution is 2.31. The van der Waals surface area contributed by atoms with Gasteiger partial charge in [0.05, 0.1) is 30.3 Å². The molecule has 0 atom stereocenters. The molecule has 1 amide bonds. The Hall–Kier alpha value is -3.45. The Kier molecular flexibility index (Phi) is 6.13. The second-order valence-electron chi connectivity index (χ2n) is 7.67. The van der Waals surface area contributed by atoms with Crippen molar-refractivity contribution in [2.24, 2.45) is 0 Å². The lowest BCUT2D eigenvalue weighted by Crippen LogP contribution is -2.29. The van der Waals surface area contributed by atoms with E-state index in [0.29, 0.717) is 16.8 Å². The van der Waals surface area contributed by atoms with Crippen LogP contribution in [0.2, 0.25) is 0 Å². The fourth-order valence-corrected chi connectivity index (χ4v) is 3.94. The fraction of sp³-hybridized carbons (Fsp3) is 0.292. The van der Waals surface area contributed by atoms with Gasteiger partial charge in [-0.25, -0.2) is 4.68 Å². The van der Waals surface area contributed by atoms with Crippen LogP contribution >= 0.6 is 0 Å². The lowest BCUT2D eigenvalue weighted by Gasteiger charge is -2.24. The molecule has 0 saturated carbocycles. The topological polar surface area (TPSA) is 85.2 Å².